The van der Waals surface area contributed by atoms with E-state index in [1.807, 2.05) is 6.92 Å². The summed E-state index contributed by atoms with van der Waals surface area (Å²) in [4.78, 5) is 0. The van der Waals surface area contributed by atoms with E-state index < -0.39 is 0 Å². The van der Waals surface area contributed by atoms with Crippen LogP contribution in [0, 0.1) is 5.82 Å². The van der Waals surface area contributed by atoms with Gasteiger partial charge in [-0.3, -0.25) is 0 Å². The molecule has 3 heteroatoms. The zero-order chi connectivity index (χ0) is 11.3. The second-order valence-corrected chi connectivity index (χ2v) is 3.25. The van der Waals surface area contributed by atoms with Crippen molar-refractivity contribution < 1.29 is 9.60 Å². The fourth-order valence-electron chi connectivity index (χ4n) is 1.34. The molecule has 0 heterocycles. The lowest BCUT2D eigenvalue weighted by Crippen LogP contribution is -1.98. The second-order valence-electron chi connectivity index (χ2n) is 3.25. The maximum absolute atomic E-state index is 13.3. The number of benzene rings is 1. The van der Waals surface area contributed by atoms with Crippen molar-refractivity contribution in [2.24, 2.45) is 5.16 Å². The molecule has 0 spiro atoms. The summed E-state index contributed by atoms with van der Waals surface area (Å²) in [5, 5.41) is 11.9. The van der Waals surface area contributed by atoms with Crippen molar-refractivity contribution in [2.45, 2.75) is 20.3 Å². The second kappa shape index (κ2) is 5.29. The van der Waals surface area contributed by atoms with Gasteiger partial charge in [0.1, 0.15) is 5.82 Å². The van der Waals surface area contributed by atoms with Gasteiger partial charge in [-0.2, -0.15) is 0 Å². The van der Waals surface area contributed by atoms with E-state index in [4.69, 9.17) is 5.21 Å². The van der Waals surface area contributed by atoms with Gasteiger partial charge in [-0.25, -0.2) is 4.39 Å². The standard InChI is InChI=1S/C12H14FNO/c1-3-12(14-15)9(2)8-10-6-4-5-7-11(10)13/h4-8,15H,3H2,1-2H3/b9-8+,14-12-. The Balaban J connectivity index is 3.02. The molecule has 0 saturated heterocycles. The zero-order valence-corrected chi connectivity index (χ0v) is 8.87. The van der Waals surface area contributed by atoms with Crippen molar-refractivity contribution in [2.75, 3.05) is 0 Å². The number of oxime groups is 1. The molecule has 0 radical (unpaired) electrons. The molecule has 0 aliphatic carbocycles. The van der Waals surface area contributed by atoms with Crippen LogP contribution < -0.4 is 0 Å². The smallest absolute Gasteiger partial charge is 0.130 e. The molecule has 0 amide bonds. The van der Waals surface area contributed by atoms with Gasteiger partial charge in [0.05, 0.1) is 5.71 Å². The predicted octanol–water partition coefficient (Wildman–Crippen LogP) is 3.47. The van der Waals surface area contributed by atoms with Gasteiger partial charge < -0.3 is 5.21 Å². The molecule has 2 nitrogen and oxygen atoms in total. The lowest BCUT2D eigenvalue weighted by atomic mass is 10.1. The van der Waals surface area contributed by atoms with Gasteiger partial charge in [-0.1, -0.05) is 30.3 Å². The molecule has 0 atom stereocenters. The number of rotatable bonds is 3. The molecule has 0 bridgehead atoms. The van der Waals surface area contributed by atoms with Crippen molar-refractivity contribution in [3.8, 4) is 0 Å². The molecular weight excluding hydrogens is 193 g/mol. The number of nitrogens with zero attached hydrogens (tertiary/aromatic N) is 1. The fraction of sp³-hybridized carbons (Fsp3) is 0.250. The first-order valence-electron chi connectivity index (χ1n) is 4.83. The maximum Gasteiger partial charge on any atom is 0.130 e. The lowest BCUT2D eigenvalue weighted by Gasteiger charge is -2.02. The quantitative estimate of drug-likeness (QED) is 0.459. The van der Waals surface area contributed by atoms with Crippen LogP contribution >= 0.6 is 0 Å². The highest BCUT2D eigenvalue weighted by atomic mass is 19.1. The zero-order valence-electron chi connectivity index (χ0n) is 8.87. The number of halogens is 1. The average molecular weight is 207 g/mol. The highest BCUT2D eigenvalue weighted by Crippen LogP contribution is 2.13. The third kappa shape index (κ3) is 2.91. The van der Waals surface area contributed by atoms with Crippen molar-refractivity contribution in [1.29, 1.82) is 0 Å². The summed E-state index contributed by atoms with van der Waals surface area (Å²) in [5.74, 6) is -0.273. The van der Waals surface area contributed by atoms with E-state index in [0.29, 0.717) is 17.7 Å². The average Bonchev–Trinajstić information content (AvgIpc) is 2.23. The Labute approximate surface area is 88.7 Å². The molecule has 0 saturated carbocycles. The van der Waals surface area contributed by atoms with Crippen LogP contribution in [-0.4, -0.2) is 10.9 Å². The van der Waals surface area contributed by atoms with Gasteiger partial charge in [-0.05, 0) is 31.1 Å². The SMILES string of the molecule is CCC(=N/O)/C(C)=C/c1ccccc1F. The minimum absolute atomic E-state index is 0.273. The van der Waals surface area contributed by atoms with Gasteiger partial charge >= 0.3 is 0 Å². The molecule has 15 heavy (non-hydrogen) atoms. The first-order chi connectivity index (χ1) is 7.19. The molecule has 0 unspecified atom stereocenters. The molecule has 0 aliphatic rings. The van der Waals surface area contributed by atoms with Gasteiger partial charge in [0.15, 0.2) is 0 Å². The number of hydrogen-bond acceptors (Lipinski definition) is 2. The van der Waals surface area contributed by atoms with Crippen molar-refractivity contribution >= 4 is 11.8 Å². The van der Waals surface area contributed by atoms with E-state index in [9.17, 15) is 4.39 Å². The van der Waals surface area contributed by atoms with E-state index in [-0.39, 0.29) is 5.82 Å². The first-order valence-corrected chi connectivity index (χ1v) is 4.83. The minimum Gasteiger partial charge on any atom is -0.411 e. The number of hydrogen-bond donors (Lipinski definition) is 1. The summed E-state index contributed by atoms with van der Waals surface area (Å²) >= 11 is 0. The van der Waals surface area contributed by atoms with Crippen LogP contribution in [0.25, 0.3) is 6.08 Å². The monoisotopic (exact) mass is 207 g/mol. The highest BCUT2D eigenvalue weighted by molar-refractivity contribution is 6.02. The summed E-state index contributed by atoms with van der Waals surface area (Å²) in [7, 11) is 0. The summed E-state index contributed by atoms with van der Waals surface area (Å²) in [6, 6.07) is 6.50. The Morgan fingerprint density at radius 2 is 2.13 bits per heavy atom. The third-order valence-corrected chi connectivity index (χ3v) is 2.19. The van der Waals surface area contributed by atoms with Gasteiger partial charge in [0.25, 0.3) is 0 Å². The Kier molecular flexibility index (Phi) is 4.03. The third-order valence-electron chi connectivity index (χ3n) is 2.19. The summed E-state index contributed by atoms with van der Waals surface area (Å²) in [6.45, 7) is 3.68. The van der Waals surface area contributed by atoms with Crippen LogP contribution in [0.5, 0.6) is 0 Å². The summed E-state index contributed by atoms with van der Waals surface area (Å²) in [6.07, 6.45) is 2.29. The van der Waals surface area contributed by atoms with E-state index in [2.05, 4.69) is 5.16 Å². The van der Waals surface area contributed by atoms with E-state index in [1.165, 1.54) is 6.07 Å². The Morgan fingerprint density at radius 3 is 2.67 bits per heavy atom. The molecular formula is C12H14FNO. The lowest BCUT2D eigenvalue weighted by molar-refractivity contribution is 0.318. The Hall–Kier alpha value is -1.64. The highest BCUT2D eigenvalue weighted by Gasteiger charge is 2.02. The Bertz CT molecular complexity index is 396. The summed E-state index contributed by atoms with van der Waals surface area (Å²) < 4.78 is 13.3. The predicted molar refractivity (Wildman–Crippen MR) is 59.6 cm³/mol. The van der Waals surface area contributed by atoms with Crippen LogP contribution in [0.3, 0.4) is 0 Å². The molecule has 0 aromatic heterocycles. The van der Waals surface area contributed by atoms with Crippen LogP contribution in [0.1, 0.15) is 25.8 Å². The van der Waals surface area contributed by atoms with Crippen molar-refractivity contribution in [3.05, 3.63) is 41.2 Å². The maximum atomic E-state index is 13.3. The topological polar surface area (TPSA) is 32.6 Å². The van der Waals surface area contributed by atoms with E-state index in [1.54, 1.807) is 31.2 Å². The normalized spacial score (nSPS) is 13.0. The number of allylic oxidation sites excluding steroid dienone is 1. The summed E-state index contributed by atoms with van der Waals surface area (Å²) in [5.41, 5.74) is 1.84. The minimum atomic E-state index is -0.273. The van der Waals surface area contributed by atoms with E-state index in [0.717, 1.165) is 5.57 Å². The van der Waals surface area contributed by atoms with Crippen LogP contribution in [0.2, 0.25) is 0 Å². The van der Waals surface area contributed by atoms with Crippen LogP contribution in [0.15, 0.2) is 35.0 Å². The van der Waals surface area contributed by atoms with Crippen LogP contribution in [0.4, 0.5) is 4.39 Å². The molecule has 0 aliphatic heterocycles. The molecule has 80 valence electrons. The van der Waals surface area contributed by atoms with Crippen LogP contribution in [-0.2, 0) is 0 Å². The fourth-order valence-corrected chi connectivity index (χ4v) is 1.34. The van der Waals surface area contributed by atoms with Crippen molar-refractivity contribution in [1.82, 2.24) is 0 Å². The molecule has 1 rings (SSSR count). The molecule has 1 aromatic rings. The largest absolute Gasteiger partial charge is 0.411 e. The molecule has 1 aromatic carbocycles. The van der Waals surface area contributed by atoms with Gasteiger partial charge in [0, 0.05) is 5.56 Å². The van der Waals surface area contributed by atoms with Gasteiger partial charge in [0.2, 0.25) is 0 Å². The van der Waals surface area contributed by atoms with Gasteiger partial charge in [-0.15, -0.1) is 0 Å². The Morgan fingerprint density at radius 1 is 1.47 bits per heavy atom. The molecule has 0 fully saturated rings. The van der Waals surface area contributed by atoms with E-state index >= 15 is 0 Å². The van der Waals surface area contributed by atoms with Crippen molar-refractivity contribution in [3.63, 3.8) is 0 Å². The first kappa shape index (κ1) is 11.4. The molecule has 1 N–H and O–H groups in total.